The van der Waals surface area contributed by atoms with Crippen molar-refractivity contribution in [1.82, 2.24) is 5.43 Å². The molecular weight excluding hydrogens is 264 g/mol. The quantitative estimate of drug-likeness (QED) is 0.666. The van der Waals surface area contributed by atoms with Gasteiger partial charge in [-0.2, -0.15) is 0 Å². The van der Waals surface area contributed by atoms with Gasteiger partial charge >= 0.3 is 0 Å². The zero-order chi connectivity index (χ0) is 14.0. The first-order chi connectivity index (χ1) is 8.90. The molecule has 104 valence electrons. The number of nitrogens with one attached hydrogen (secondary N) is 1. The maximum atomic E-state index is 6.09. The molecule has 1 atom stereocenters. The van der Waals surface area contributed by atoms with E-state index in [1.807, 2.05) is 39.0 Å². The van der Waals surface area contributed by atoms with Gasteiger partial charge in [0.15, 0.2) is 5.58 Å². The van der Waals surface area contributed by atoms with Crippen molar-refractivity contribution >= 4 is 22.6 Å². The molecule has 1 aromatic heterocycles. The maximum Gasteiger partial charge on any atom is 0.152 e. The highest BCUT2D eigenvalue weighted by molar-refractivity contribution is 6.34. The number of rotatable bonds is 4. The molecule has 2 rings (SSSR count). The Hall–Kier alpha value is -1.07. The lowest BCUT2D eigenvalue weighted by atomic mass is 10.1. The summed E-state index contributed by atoms with van der Waals surface area (Å²) in [7, 11) is 0. The summed E-state index contributed by atoms with van der Waals surface area (Å²) >= 11 is 6.09. The van der Waals surface area contributed by atoms with E-state index in [0.717, 1.165) is 11.1 Å². The van der Waals surface area contributed by atoms with Crippen LogP contribution in [0.1, 0.15) is 32.6 Å². The van der Waals surface area contributed by atoms with Crippen LogP contribution in [0.2, 0.25) is 5.02 Å². The number of nitrogens with two attached hydrogens (primary N) is 1. The van der Waals surface area contributed by atoms with Gasteiger partial charge < -0.3 is 9.15 Å². The van der Waals surface area contributed by atoms with Crippen LogP contribution in [0.15, 0.2) is 28.7 Å². The first-order valence-corrected chi connectivity index (χ1v) is 6.56. The Morgan fingerprint density at radius 3 is 2.74 bits per heavy atom. The van der Waals surface area contributed by atoms with Crippen molar-refractivity contribution in [3.8, 4) is 0 Å². The highest BCUT2D eigenvalue weighted by Gasteiger charge is 2.19. The van der Waals surface area contributed by atoms with Crippen LogP contribution in [0.5, 0.6) is 0 Å². The lowest BCUT2D eigenvalue weighted by Crippen LogP contribution is -2.34. The van der Waals surface area contributed by atoms with Crippen molar-refractivity contribution in [3.05, 3.63) is 35.0 Å². The standard InChI is InChI=1S/C14H19ClN2O2/c1-14(2,3)18-8-11(17-16)12-7-9-5-4-6-10(15)13(9)19-12/h4-7,11,17H,8,16H2,1-3H3. The average Bonchev–Trinajstić information content (AvgIpc) is 2.73. The van der Waals surface area contributed by atoms with Gasteiger partial charge in [-0.1, -0.05) is 23.7 Å². The van der Waals surface area contributed by atoms with Gasteiger partial charge in [0, 0.05) is 5.39 Å². The molecule has 1 heterocycles. The minimum atomic E-state index is -0.223. The zero-order valence-electron chi connectivity index (χ0n) is 11.4. The van der Waals surface area contributed by atoms with Crippen molar-refractivity contribution in [1.29, 1.82) is 0 Å². The van der Waals surface area contributed by atoms with Crippen molar-refractivity contribution in [2.24, 2.45) is 5.84 Å². The number of halogens is 1. The second kappa shape index (κ2) is 5.51. The summed E-state index contributed by atoms with van der Waals surface area (Å²) < 4.78 is 11.5. The SMILES string of the molecule is CC(C)(C)OCC(NN)c1cc2cccc(Cl)c2o1. The van der Waals surface area contributed by atoms with Crippen LogP contribution >= 0.6 is 11.6 Å². The largest absolute Gasteiger partial charge is 0.458 e. The van der Waals surface area contributed by atoms with E-state index in [2.05, 4.69) is 5.43 Å². The molecule has 0 spiro atoms. The average molecular weight is 283 g/mol. The van der Waals surface area contributed by atoms with E-state index < -0.39 is 0 Å². The zero-order valence-corrected chi connectivity index (χ0v) is 12.1. The number of hydrazine groups is 1. The van der Waals surface area contributed by atoms with Crippen molar-refractivity contribution < 1.29 is 9.15 Å². The Kier molecular flexibility index (Phi) is 4.16. The smallest absolute Gasteiger partial charge is 0.152 e. The highest BCUT2D eigenvalue weighted by atomic mass is 35.5. The van der Waals surface area contributed by atoms with Gasteiger partial charge in [0.25, 0.3) is 0 Å². The normalized spacial score (nSPS) is 13.9. The van der Waals surface area contributed by atoms with E-state index in [9.17, 15) is 0 Å². The Balaban J connectivity index is 2.23. The summed E-state index contributed by atoms with van der Waals surface area (Å²) in [5.41, 5.74) is 3.16. The molecule has 19 heavy (non-hydrogen) atoms. The van der Waals surface area contributed by atoms with Gasteiger partial charge in [-0.15, -0.1) is 0 Å². The summed E-state index contributed by atoms with van der Waals surface area (Å²) in [5.74, 6) is 6.29. The van der Waals surface area contributed by atoms with E-state index in [-0.39, 0.29) is 11.6 Å². The van der Waals surface area contributed by atoms with E-state index >= 15 is 0 Å². The monoisotopic (exact) mass is 282 g/mol. The van der Waals surface area contributed by atoms with Crippen molar-refractivity contribution in [2.45, 2.75) is 32.4 Å². The fraction of sp³-hybridized carbons (Fsp3) is 0.429. The van der Waals surface area contributed by atoms with Gasteiger partial charge in [-0.25, -0.2) is 5.43 Å². The second-order valence-corrected chi connectivity index (χ2v) is 5.86. The molecule has 1 unspecified atom stereocenters. The third-order valence-corrected chi connectivity index (χ3v) is 3.04. The Morgan fingerprint density at radius 1 is 1.42 bits per heavy atom. The molecule has 0 saturated carbocycles. The molecule has 0 saturated heterocycles. The number of hydrogen-bond acceptors (Lipinski definition) is 4. The summed E-state index contributed by atoms with van der Waals surface area (Å²) in [6, 6.07) is 7.36. The van der Waals surface area contributed by atoms with Gasteiger partial charge in [0.05, 0.1) is 17.2 Å². The number of fused-ring (bicyclic) bond motifs is 1. The van der Waals surface area contributed by atoms with Crippen LogP contribution in [-0.2, 0) is 4.74 Å². The Morgan fingerprint density at radius 2 is 2.16 bits per heavy atom. The molecule has 0 bridgehead atoms. The van der Waals surface area contributed by atoms with E-state index in [4.69, 9.17) is 26.6 Å². The lowest BCUT2D eigenvalue weighted by molar-refractivity contribution is -0.0171. The molecule has 0 aliphatic heterocycles. The molecular formula is C14H19ClN2O2. The van der Waals surface area contributed by atoms with Gasteiger partial charge in [0.1, 0.15) is 11.8 Å². The fourth-order valence-electron chi connectivity index (χ4n) is 1.76. The van der Waals surface area contributed by atoms with Gasteiger partial charge in [-0.05, 0) is 32.9 Å². The van der Waals surface area contributed by atoms with Crippen molar-refractivity contribution in [2.75, 3.05) is 6.61 Å². The molecule has 4 nitrogen and oxygen atoms in total. The molecule has 5 heteroatoms. The first kappa shape index (κ1) is 14.3. The molecule has 3 N–H and O–H groups in total. The molecule has 1 aromatic carbocycles. The van der Waals surface area contributed by atoms with Crippen LogP contribution in [0.4, 0.5) is 0 Å². The number of benzene rings is 1. The van der Waals surface area contributed by atoms with Crippen LogP contribution in [0, 0.1) is 0 Å². The second-order valence-electron chi connectivity index (χ2n) is 5.45. The van der Waals surface area contributed by atoms with Crippen LogP contribution < -0.4 is 11.3 Å². The van der Waals surface area contributed by atoms with E-state index in [1.54, 1.807) is 6.07 Å². The van der Waals surface area contributed by atoms with Crippen LogP contribution in [0.25, 0.3) is 11.0 Å². The predicted molar refractivity (Wildman–Crippen MR) is 77.0 cm³/mol. The number of para-hydroxylation sites is 1. The van der Waals surface area contributed by atoms with E-state index in [1.165, 1.54) is 0 Å². The summed E-state index contributed by atoms with van der Waals surface area (Å²) in [6.45, 7) is 6.42. The lowest BCUT2D eigenvalue weighted by Gasteiger charge is -2.23. The molecule has 2 aromatic rings. The Bertz CT molecular complexity index is 560. The molecule has 0 fully saturated rings. The van der Waals surface area contributed by atoms with Gasteiger partial charge in [-0.3, -0.25) is 5.84 Å². The topological polar surface area (TPSA) is 60.4 Å². The third-order valence-electron chi connectivity index (χ3n) is 2.74. The molecule has 0 aliphatic carbocycles. The third kappa shape index (κ3) is 3.48. The minimum absolute atomic E-state index is 0.206. The molecule has 0 amide bonds. The van der Waals surface area contributed by atoms with Crippen LogP contribution in [0.3, 0.4) is 0 Å². The minimum Gasteiger partial charge on any atom is -0.458 e. The van der Waals surface area contributed by atoms with Crippen LogP contribution in [-0.4, -0.2) is 12.2 Å². The maximum absolute atomic E-state index is 6.09. The van der Waals surface area contributed by atoms with Crippen molar-refractivity contribution in [3.63, 3.8) is 0 Å². The number of furan rings is 1. The molecule has 0 aliphatic rings. The number of ether oxygens (including phenoxy) is 1. The van der Waals surface area contributed by atoms with Gasteiger partial charge in [0.2, 0.25) is 0 Å². The Labute approximate surface area is 117 Å². The summed E-state index contributed by atoms with van der Waals surface area (Å²) in [5, 5.41) is 1.55. The predicted octanol–water partition coefficient (Wildman–Crippen LogP) is 3.41. The number of hydrogen-bond donors (Lipinski definition) is 2. The first-order valence-electron chi connectivity index (χ1n) is 6.19. The summed E-state index contributed by atoms with van der Waals surface area (Å²) in [4.78, 5) is 0. The fourth-order valence-corrected chi connectivity index (χ4v) is 1.99. The highest BCUT2D eigenvalue weighted by Crippen LogP contribution is 2.29. The molecule has 0 radical (unpaired) electrons. The van der Waals surface area contributed by atoms with E-state index in [0.29, 0.717) is 17.2 Å². The summed E-state index contributed by atoms with van der Waals surface area (Å²) in [6.07, 6.45) is 0.